The van der Waals surface area contributed by atoms with Gasteiger partial charge in [0.2, 0.25) is 27.6 Å². The zero-order valence-corrected chi connectivity index (χ0v) is 20.1. The lowest BCUT2D eigenvalue weighted by atomic mass is 10.1. The highest BCUT2D eigenvalue weighted by Crippen LogP contribution is 2.31. The standard InChI is InChI=1S/C24H28N4O5S/c1-17-6-8-18(9-7-17)24-26-23(33-27-24)13-12-22(29)25-19-10-11-20(32-2)21(16-19)34(30,31)28-14-4-3-5-15-28/h6-11,16H,3-5,12-15H2,1-2H3,(H,25,29). The van der Waals surface area contributed by atoms with Gasteiger partial charge in [-0.15, -0.1) is 0 Å². The van der Waals surface area contributed by atoms with Gasteiger partial charge in [-0.25, -0.2) is 8.42 Å². The lowest BCUT2D eigenvalue weighted by Crippen LogP contribution is -2.35. The van der Waals surface area contributed by atoms with Gasteiger partial charge in [-0.1, -0.05) is 41.4 Å². The normalized spacial score (nSPS) is 14.6. The number of piperidine rings is 1. The number of aromatic nitrogens is 2. The molecule has 4 rings (SSSR count). The van der Waals surface area contributed by atoms with Crippen molar-refractivity contribution in [3.05, 3.63) is 53.9 Å². The van der Waals surface area contributed by atoms with Gasteiger partial charge in [0, 0.05) is 37.2 Å². The van der Waals surface area contributed by atoms with E-state index in [4.69, 9.17) is 9.26 Å². The van der Waals surface area contributed by atoms with E-state index < -0.39 is 10.0 Å². The van der Waals surface area contributed by atoms with E-state index in [0.29, 0.717) is 30.5 Å². The Morgan fingerprint density at radius 2 is 1.85 bits per heavy atom. The Morgan fingerprint density at radius 1 is 1.12 bits per heavy atom. The molecule has 1 saturated heterocycles. The molecular weight excluding hydrogens is 456 g/mol. The quantitative estimate of drug-likeness (QED) is 0.517. The lowest BCUT2D eigenvalue weighted by Gasteiger charge is -2.26. The average molecular weight is 485 g/mol. The third kappa shape index (κ3) is 5.45. The molecule has 0 unspecified atom stereocenters. The van der Waals surface area contributed by atoms with Crippen LogP contribution in [0.1, 0.15) is 37.1 Å². The summed E-state index contributed by atoms with van der Waals surface area (Å²) < 4.78 is 38.3. The Balaban J connectivity index is 1.41. The number of hydrogen-bond acceptors (Lipinski definition) is 7. The number of benzene rings is 2. The number of anilines is 1. The van der Waals surface area contributed by atoms with E-state index in [1.54, 1.807) is 12.1 Å². The number of carbonyl (C=O) groups is 1. The third-order valence-corrected chi connectivity index (χ3v) is 7.64. The predicted octanol–water partition coefficient (Wildman–Crippen LogP) is 3.80. The van der Waals surface area contributed by atoms with Crippen molar-refractivity contribution in [3.63, 3.8) is 0 Å². The molecule has 1 aliphatic rings. The van der Waals surface area contributed by atoms with E-state index in [9.17, 15) is 13.2 Å². The van der Waals surface area contributed by atoms with E-state index in [0.717, 1.165) is 30.4 Å². The molecule has 0 saturated carbocycles. The number of rotatable bonds is 8. The Kier molecular flexibility index (Phi) is 7.28. The van der Waals surface area contributed by atoms with Crippen molar-refractivity contribution < 1.29 is 22.5 Å². The number of carbonyl (C=O) groups excluding carboxylic acids is 1. The second kappa shape index (κ2) is 10.4. The van der Waals surface area contributed by atoms with Crippen LogP contribution < -0.4 is 10.1 Å². The topological polar surface area (TPSA) is 115 Å². The van der Waals surface area contributed by atoms with Crippen LogP contribution in [0.5, 0.6) is 5.75 Å². The van der Waals surface area contributed by atoms with Crippen molar-refractivity contribution in [2.45, 2.75) is 43.9 Å². The van der Waals surface area contributed by atoms with Crippen LogP contribution in [0.2, 0.25) is 0 Å². The summed E-state index contributed by atoms with van der Waals surface area (Å²) in [4.78, 5) is 16.9. The molecule has 10 heteroatoms. The first kappa shape index (κ1) is 23.9. The molecule has 180 valence electrons. The van der Waals surface area contributed by atoms with Gasteiger partial charge >= 0.3 is 0 Å². The van der Waals surface area contributed by atoms with Crippen LogP contribution in [-0.4, -0.2) is 49.0 Å². The SMILES string of the molecule is COc1ccc(NC(=O)CCc2nc(-c3ccc(C)cc3)no2)cc1S(=O)(=O)N1CCCCC1. The number of sulfonamides is 1. The van der Waals surface area contributed by atoms with E-state index in [1.165, 1.54) is 17.5 Å². The fourth-order valence-corrected chi connectivity index (χ4v) is 5.52. The van der Waals surface area contributed by atoms with Crippen LogP contribution in [0.4, 0.5) is 5.69 Å². The molecule has 9 nitrogen and oxygen atoms in total. The van der Waals surface area contributed by atoms with Gasteiger partial charge in [0.15, 0.2) is 0 Å². The monoisotopic (exact) mass is 484 g/mol. The minimum Gasteiger partial charge on any atom is -0.495 e. The van der Waals surface area contributed by atoms with Crippen LogP contribution >= 0.6 is 0 Å². The van der Waals surface area contributed by atoms with Crippen molar-refractivity contribution in [2.24, 2.45) is 0 Å². The lowest BCUT2D eigenvalue weighted by molar-refractivity contribution is -0.116. The summed E-state index contributed by atoms with van der Waals surface area (Å²) in [6.07, 6.45) is 3.06. The highest BCUT2D eigenvalue weighted by atomic mass is 32.2. The maximum Gasteiger partial charge on any atom is 0.246 e. The van der Waals surface area contributed by atoms with Crippen LogP contribution in [0.15, 0.2) is 51.9 Å². The van der Waals surface area contributed by atoms with Gasteiger partial charge in [0.25, 0.3) is 0 Å². The minimum absolute atomic E-state index is 0.0503. The summed E-state index contributed by atoms with van der Waals surface area (Å²) in [6, 6.07) is 12.4. The predicted molar refractivity (Wildman–Crippen MR) is 127 cm³/mol. The van der Waals surface area contributed by atoms with Crippen molar-refractivity contribution in [1.82, 2.24) is 14.4 Å². The number of nitrogens with one attached hydrogen (secondary N) is 1. The third-order valence-electron chi connectivity index (χ3n) is 5.72. The summed E-state index contributed by atoms with van der Waals surface area (Å²) in [7, 11) is -2.29. The molecule has 0 spiro atoms. The molecule has 3 aromatic rings. The van der Waals surface area contributed by atoms with Crippen LogP contribution in [-0.2, 0) is 21.2 Å². The van der Waals surface area contributed by atoms with Crippen LogP contribution in [0, 0.1) is 6.92 Å². The largest absolute Gasteiger partial charge is 0.495 e. The molecule has 0 radical (unpaired) electrons. The molecule has 1 aliphatic heterocycles. The fourth-order valence-electron chi connectivity index (χ4n) is 3.82. The van der Waals surface area contributed by atoms with Gasteiger partial charge in [-0.05, 0) is 38.0 Å². The second-order valence-electron chi connectivity index (χ2n) is 8.26. The molecule has 34 heavy (non-hydrogen) atoms. The minimum atomic E-state index is -3.72. The highest BCUT2D eigenvalue weighted by molar-refractivity contribution is 7.89. The maximum absolute atomic E-state index is 13.2. The Labute approximate surface area is 199 Å². The van der Waals surface area contributed by atoms with E-state index in [1.807, 2.05) is 31.2 Å². The Morgan fingerprint density at radius 3 is 2.56 bits per heavy atom. The molecule has 0 bridgehead atoms. The van der Waals surface area contributed by atoms with Gasteiger partial charge in [-0.3, -0.25) is 4.79 Å². The van der Waals surface area contributed by atoms with Gasteiger partial charge in [-0.2, -0.15) is 9.29 Å². The molecule has 1 fully saturated rings. The summed E-state index contributed by atoms with van der Waals surface area (Å²) in [5.74, 6) is 0.784. The van der Waals surface area contributed by atoms with E-state index in [-0.39, 0.29) is 29.4 Å². The number of hydrogen-bond donors (Lipinski definition) is 1. The van der Waals surface area contributed by atoms with Gasteiger partial charge in [0.1, 0.15) is 10.6 Å². The smallest absolute Gasteiger partial charge is 0.246 e. The van der Waals surface area contributed by atoms with Crippen LogP contribution in [0.3, 0.4) is 0 Å². The molecule has 2 heterocycles. The van der Waals surface area contributed by atoms with E-state index >= 15 is 0 Å². The first-order valence-electron chi connectivity index (χ1n) is 11.2. The zero-order chi connectivity index (χ0) is 24.1. The number of nitrogens with zero attached hydrogens (tertiary/aromatic N) is 3. The van der Waals surface area contributed by atoms with Crippen molar-refractivity contribution >= 4 is 21.6 Å². The summed E-state index contributed by atoms with van der Waals surface area (Å²) in [6.45, 7) is 2.96. The molecule has 1 amide bonds. The molecular formula is C24H28N4O5S. The number of methoxy groups -OCH3 is 1. The Bertz CT molecular complexity index is 1250. The van der Waals surface area contributed by atoms with Crippen molar-refractivity contribution in [3.8, 4) is 17.1 Å². The zero-order valence-electron chi connectivity index (χ0n) is 19.3. The summed E-state index contributed by atoms with van der Waals surface area (Å²) in [5, 5.41) is 6.73. The first-order valence-corrected chi connectivity index (χ1v) is 12.7. The maximum atomic E-state index is 13.2. The van der Waals surface area contributed by atoms with Crippen molar-refractivity contribution in [1.29, 1.82) is 0 Å². The van der Waals surface area contributed by atoms with E-state index in [2.05, 4.69) is 15.5 Å². The fraction of sp³-hybridized carbons (Fsp3) is 0.375. The van der Waals surface area contributed by atoms with Gasteiger partial charge < -0.3 is 14.6 Å². The molecule has 1 aromatic heterocycles. The van der Waals surface area contributed by atoms with Crippen LogP contribution in [0.25, 0.3) is 11.4 Å². The molecule has 0 aliphatic carbocycles. The molecule has 0 atom stereocenters. The number of ether oxygens (including phenoxy) is 1. The highest BCUT2D eigenvalue weighted by Gasteiger charge is 2.29. The number of aryl methyl sites for hydroxylation is 2. The summed E-state index contributed by atoms with van der Waals surface area (Å²) >= 11 is 0. The van der Waals surface area contributed by atoms with Gasteiger partial charge in [0.05, 0.1) is 7.11 Å². The molecule has 1 N–H and O–H groups in total. The first-order chi connectivity index (χ1) is 16.4. The Hall–Kier alpha value is -3.24. The van der Waals surface area contributed by atoms with Crippen molar-refractivity contribution in [2.75, 3.05) is 25.5 Å². The average Bonchev–Trinajstić information content (AvgIpc) is 3.33. The molecule has 2 aromatic carbocycles. The second-order valence-corrected chi connectivity index (χ2v) is 10.2. The number of amides is 1. The summed E-state index contributed by atoms with van der Waals surface area (Å²) in [5.41, 5.74) is 2.35.